The van der Waals surface area contributed by atoms with Crippen LogP contribution in [0.2, 0.25) is 0 Å². The predicted octanol–water partition coefficient (Wildman–Crippen LogP) is 2.22. The standard InChI is InChI=1S/C13H13N3O/c1-9-3-2-8-15-12(9)16-13(17)10-4-6-11(14)7-5-10/h2-8H,14H2,1H3,(H,15,16,17). The summed E-state index contributed by atoms with van der Waals surface area (Å²) in [5, 5.41) is 2.76. The maximum atomic E-state index is 11.9. The molecule has 3 N–H and O–H groups in total. The van der Waals surface area contributed by atoms with Gasteiger partial charge in [-0.3, -0.25) is 4.79 Å². The first kappa shape index (κ1) is 11.1. The van der Waals surface area contributed by atoms with Crippen LogP contribution in [-0.4, -0.2) is 10.9 Å². The fourth-order valence-corrected chi connectivity index (χ4v) is 1.43. The lowest BCUT2D eigenvalue weighted by molar-refractivity contribution is 0.102. The molecule has 4 nitrogen and oxygen atoms in total. The minimum absolute atomic E-state index is 0.188. The van der Waals surface area contributed by atoms with Crippen LogP contribution in [0.4, 0.5) is 11.5 Å². The predicted molar refractivity (Wildman–Crippen MR) is 67.8 cm³/mol. The highest BCUT2D eigenvalue weighted by molar-refractivity contribution is 6.04. The Hall–Kier alpha value is -2.36. The van der Waals surface area contributed by atoms with Gasteiger partial charge in [0.15, 0.2) is 0 Å². The summed E-state index contributed by atoms with van der Waals surface area (Å²) < 4.78 is 0. The van der Waals surface area contributed by atoms with E-state index in [1.54, 1.807) is 30.5 Å². The number of carbonyl (C=O) groups excluding carboxylic acids is 1. The number of nitrogens with zero attached hydrogens (tertiary/aromatic N) is 1. The first-order valence-electron chi connectivity index (χ1n) is 5.25. The Morgan fingerprint density at radius 1 is 1.24 bits per heavy atom. The van der Waals surface area contributed by atoms with E-state index in [1.165, 1.54) is 0 Å². The summed E-state index contributed by atoms with van der Waals surface area (Å²) >= 11 is 0. The van der Waals surface area contributed by atoms with Crippen molar-refractivity contribution in [2.45, 2.75) is 6.92 Å². The van der Waals surface area contributed by atoms with E-state index in [9.17, 15) is 4.79 Å². The second-order valence-electron chi connectivity index (χ2n) is 3.75. The highest BCUT2D eigenvalue weighted by Gasteiger charge is 2.07. The van der Waals surface area contributed by atoms with Crippen LogP contribution in [0.1, 0.15) is 15.9 Å². The number of aromatic nitrogens is 1. The minimum atomic E-state index is -0.188. The Bertz CT molecular complexity index is 535. The third-order valence-corrected chi connectivity index (χ3v) is 2.41. The smallest absolute Gasteiger partial charge is 0.256 e. The van der Waals surface area contributed by atoms with Crippen LogP contribution in [0.5, 0.6) is 0 Å². The van der Waals surface area contributed by atoms with E-state index < -0.39 is 0 Å². The quantitative estimate of drug-likeness (QED) is 0.773. The number of nitrogens with one attached hydrogen (secondary N) is 1. The number of nitrogen functional groups attached to an aromatic ring is 1. The second-order valence-corrected chi connectivity index (χ2v) is 3.75. The van der Waals surface area contributed by atoms with Crippen LogP contribution in [0, 0.1) is 6.92 Å². The Labute approximate surface area is 99.5 Å². The van der Waals surface area contributed by atoms with Crippen molar-refractivity contribution in [2.24, 2.45) is 0 Å². The summed E-state index contributed by atoms with van der Waals surface area (Å²) in [6.07, 6.45) is 1.64. The molecule has 2 rings (SSSR count). The zero-order valence-electron chi connectivity index (χ0n) is 9.47. The lowest BCUT2D eigenvalue weighted by Gasteiger charge is -2.06. The fourth-order valence-electron chi connectivity index (χ4n) is 1.43. The summed E-state index contributed by atoms with van der Waals surface area (Å²) in [4.78, 5) is 16.0. The summed E-state index contributed by atoms with van der Waals surface area (Å²) in [7, 11) is 0. The van der Waals surface area contributed by atoms with Gasteiger partial charge in [-0.15, -0.1) is 0 Å². The molecule has 0 fully saturated rings. The fraction of sp³-hybridized carbons (Fsp3) is 0.0769. The summed E-state index contributed by atoms with van der Waals surface area (Å²) in [6, 6.07) is 10.5. The normalized spacial score (nSPS) is 9.94. The second kappa shape index (κ2) is 4.65. The van der Waals surface area contributed by atoms with Crippen LogP contribution in [0.25, 0.3) is 0 Å². The summed E-state index contributed by atoms with van der Waals surface area (Å²) in [6.45, 7) is 1.89. The maximum absolute atomic E-state index is 11.9. The van der Waals surface area contributed by atoms with Gasteiger partial charge in [0.05, 0.1) is 0 Å². The molecule has 1 amide bonds. The molecular formula is C13H13N3O. The third-order valence-electron chi connectivity index (χ3n) is 2.41. The third kappa shape index (κ3) is 2.60. The van der Waals surface area contributed by atoms with Crippen LogP contribution in [0.15, 0.2) is 42.6 Å². The number of anilines is 2. The van der Waals surface area contributed by atoms with Gasteiger partial charge in [0.1, 0.15) is 5.82 Å². The monoisotopic (exact) mass is 227 g/mol. The lowest BCUT2D eigenvalue weighted by Crippen LogP contribution is -2.13. The van der Waals surface area contributed by atoms with Gasteiger partial charge < -0.3 is 11.1 Å². The molecule has 1 heterocycles. The van der Waals surface area contributed by atoms with Crippen LogP contribution >= 0.6 is 0 Å². The number of nitrogens with two attached hydrogens (primary N) is 1. The number of pyridine rings is 1. The molecule has 17 heavy (non-hydrogen) atoms. The van der Waals surface area contributed by atoms with Gasteiger partial charge in [0.2, 0.25) is 0 Å². The van der Waals surface area contributed by atoms with E-state index in [0.29, 0.717) is 17.1 Å². The lowest BCUT2D eigenvalue weighted by atomic mass is 10.2. The number of aryl methyl sites for hydroxylation is 1. The molecule has 0 aliphatic rings. The average Bonchev–Trinajstić information content (AvgIpc) is 2.33. The van der Waals surface area contributed by atoms with Crippen molar-refractivity contribution in [2.75, 3.05) is 11.1 Å². The van der Waals surface area contributed by atoms with Crippen LogP contribution in [-0.2, 0) is 0 Å². The SMILES string of the molecule is Cc1cccnc1NC(=O)c1ccc(N)cc1. The van der Waals surface area contributed by atoms with Gasteiger partial charge in [0.25, 0.3) is 5.91 Å². The first-order valence-corrected chi connectivity index (χ1v) is 5.25. The molecule has 0 bridgehead atoms. The van der Waals surface area contributed by atoms with Gasteiger partial charge in [-0.25, -0.2) is 4.98 Å². The largest absolute Gasteiger partial charge is 0.399 e. The highest BCUT2D eigenvalue weighted by atomic mass is 16.1. The Kier molecular flexibility index (Phi) is 3.05. The number of amides is 1. The minimum Gasteiger partial charge on any atom is -0.399 e. The number of benzene rings is 1. The maximum Gasteiger partial charge on any atom is 0.256 e. The van der Waals surface area contributed by atoms with E-state index in [-0.39, 0.29) is 5.91 Å². The molecule has 0 saturated heterocycles. The number of hydrogen-bond acceptors (Lipinski definition) is 3. The molecule has 0 aliphatic carbocycles. The summed E-state index contributed by atoms with van der Waals surface area (Å²) in [5.41, 5.74) is 7.68. The Morgan fingerprint density at radius 2 is 1.94 bits per heavy atom. The van der Waals surface area contributed by atoms with Crippen molar-refractivity contribution in [3.05, 3.63) is 53.7 Å². The van der Waals surface area contributed by atoms with Crippen molar-refractivity contribution < 1.29 is 4.79 Å². The van der Waals surface area contributed by atoms with Gasteiger partial charge in [-0.2, -0.15) is 0 Å². The first-order chi connectivity index (χ1) is 8.16. The average molecular weight is 227 g/mol. The molecule has 0 atom stereocenters. The zero-order valence-corrected chi connectivity index (χ0v) is 9.47. The Morgan fingerprint density at radius 3 is 2.59 bits per heavy atom. The van der Waals surface area contributed by atoms with Gasteiger partial charge in [0, 0.05) is 17.4 Å². The van der Waals surface area contributed by atoms with E-state index >= 15 is 0 Å². The molecule has 0 radical (unpaired) electrons. The van der Waals surface area contributed by atoms with E-state index in [0.717, 1.165) is 5.56 Å². The molecule has 1 aromatic carbocycles. The van der Waals surface area contributed by atoms with E-state index in [4.69, 9.17) is 5.73 Å². The van der Waals surface area contributed by atoms with E-state index in [2.05, 4.69) is 10.3 Å². The molecule has 0 unspecified atom stereocenters. The number of hydrogen-bond donors (Lipinski definition) is 2. The van der Waals surface area contributed by atoms with Crippen molar-refractivity contribution >= 4 is 17.4 Å². The molecular weight excluding hydrogens is 214 g/mol. The molecule has 0 saturated carbocycles. The van der Waals surface area contributed by atoms with Gasteiger partial charge in [-0.05, 0) is 42.8 Å². The van der Waals surface area contributed by atoms with Crippen LogP contribution in [0.3, 0.4) is 0 Å². The van der Waals surface area contributed by atoms with E-state index in [1.807, 2.05) is 19.1 Å². The summed E-state index contributed by atoms with van der Waals surface area (Å²) in [5.74, 6) is 0.390. The van der Waals surface area contributed by atoms with Crippen molar-refractivity contribution in [3.63, 3.8) is 0 Å². The zero-order chi connectivity index (χ0) is 12.3. The van der Waals surface area contributed by atoms with Crippen molar-refractivity contribution in [3.8, 4) is 0 Å². The number of carbonyl (C=O) groups is 1. The van der Waals surface area contributed by atoms with Crippen LogP contribution < -0.4 is 11.1 Å². The Balaban J connectivity index is 2.17. The molecule has 0 aliphatic heterocycles. The molecule has 0 spiro atoms. The molecule has 2 aromatic rings. The van der Waals surface area contributed by atoms with Gasteiger partial charge >= 0.3 is 0 Å². The molecule has 86 valence electrons. The molecule has 4 heteroatoms. The van der Waals surface area contributed by atoms with Crippen molar-refractivity contribution in [1.29, 1.82) is 0 Å². The molecule has 1 aromatic heterocycles. The van der Waals surface area contributed by atoms with Gasteiger partial charge in [-0.1, -0.05) is 6.07 Å². The van der Waals surface area contributed by atoms with Crippen molar-refractivity contribution in [1.82, 2.24) is 4.98 Å². The highest BCUT2D eigenvalue weighted by Crippen LogP contribution is 2.12. The number of rotatable bonds is 2. The topological polar surface area (TPSA) is 68.0 Å².